The summed E-state index contributed by atoms with van der Waals surface area (Å²) in [5.41, 5.74) is 1.33. The SMILES string of the molecule is CC.CC(C)C.CCOc1ccc(N2CCCN(C3CCN(C)CC3)CC2)cc1. The number of benzene rings is 1. The average molecular weight is 406 g/mol. The van der Waals surface area contributed by atoms with Crippen LogP contribution in [0.5, 0.6) is 5.75 Å². The largest absolute Gasteiger partial charge is 0.494 e. The fourth-order valence-electron chi connectivity index (χ4n) is 3.84. The van der Waals surface area contributed by atoms with E-state index in [1.54, 1.807) is 0 Å². The van der Waals surface area contributed by atoms with Crippen molar-refractivity contribution in [3.8, 4) is 5.75 Å². The minimum atomic E-state index is 0.731. The first-order valence-corrected chi connectivity index (χ1v) is 11.9. The van der Waals surface area contributed by atoms with Crippen LogP contribution in [0.2, 0.25) is 0 Å². The lowest BCUT2D eigenvalue weighted by Gasteiger charge is -2.36. The zero-order valence-electron chi connectivity index (χ0n) is 20.3. The van der Waals surface area contributed by atoms with Crippen molar-refractivity contribution in [3.05, 3.63) is 24.3 Å². The molecule has 0 spiro atoms. The lowest BCUT2D eigenvalue weighted by molar-refractivity contribution is 0.127. The molecular weight excluding hydrogens is 358 g/mol. The Labute approximate surface area is 181 Å². The third-order valence-electron chi connectivity index (χ3n) is 5.25. The molecule has 0 N–H and O–H groups in total. The lowest BCUT2D eigenvalue weighted by Crippen LogP contribution is -2.45. The maximum absolute atomic E-state index is 5.55. The van der Waals surface area contributed by atoms with Gasteiger partial charge in [-0.3, -0.25) is 4.90 Å². The summed E-state index contributed by atoms with van der Waals surface area (Å²) in [7, 11) is 2.24. The molecule has 0 aliphatic carbocycles. The molecule has 0 radical (unpaired) electrons. The van der Waals surface area contributed by atoms with Gasteiger partial charge < -0.3 is 14.5 Å². The molecule has 29 heavy (non-hydrogen) atoms. The van der Waals surface area contributed by atoms with E-state index in [4.69, 9.17) is 4.74 Å². The minimum Gasteiger partial charge on any atom is -0.494 e. The fraction of sp³-hybridized carbons (Fsp3) is 0.760. The Kier molecular flexibility index (Phi) is 13.0. The molecule has 0 unspecified atom stereocenters. The first-order valence-electron chi connectivity index (χ1n) is 11.9. The lowest BCUT2D eigenvalue weighted by atomic mass is 10.0. The number of likely N-dealkylation sites (tertiary alicyclic amines) is 1. The van der Waals surface area contributed by atoms with E-state index in [0.717, 1.165) is 37.4 Å². The predicted octanol–water partition coefficient (Wildman–Crippen LogP) is 5.38. The van der Waals surface area contributed by atoms with Gasteiger partial charge in [-0.05, 0) is 76.5 Å². The van der Waals surface area contributed by atoms with Gasteiger partial charge in [0.05, 0.1) is 6.61 Å². The highest BCUT2D eigenvalue weighted by molar-refractivity contribution is 5.49. The van der Waals surface area contributed by atoms with Crippen molar-refractivity contribution < 1.29 is 4.74 Å². The van der Waals surface area contributed by atoms with Crippen LogP contribution in [0.3, 0.4) is 0 Å². The summed E-state index contributed by atoms with van der Waals surface area (Å²) in [5, 5.41) is 0. The molecule has 3 rings (SSSR count). The van der Waals surface area contributed by atoms with Gasteiger partial charge >= 0.3 is 0 Å². The van der Waals surface area contributed by atoms with Crippen LogP contribution in [0, 0.1) is 5.92 Å². The number of rotatable bonds is 4. The van der Waals surface area contributed by atoms with Gasteiger partial charge in [0, 0.05) is 37.9 Å². The Bertz CT molecular complexity index is 507. The molecule has 168 valence electrons. The van der Waals surface area contributed by atoms with Gasteiger partial charge in [-0.1, -0.05) is 34.6 Å². The van der Waals surface area contributed by atoms with Crippen LogP contribution in [-0.2, 0) is 0 Å². The molecule has 4 nitrogen and oxygen atoms in total. The molecular formula is C25H47N3O. The van der Waals surface area contributed by atoms with Gasteiger partial charge in [0.15, 0.2) is 0 Å². The van der Waals surface area contributed by atoms with E-state index in [-0.39, 0.29) is 0 Å². The second-order valence-electron chi connectivity index (χ2n) is 8.57. The highest BCUT2D eigenvalue weighted by Crippen LogP contribution is 2.23. The summed E-state index contributed by atoms with van der Waals surface area (Å²) in [6, 6.07) is 9.40. The average Bonchev–Trinajstić information content (AvgIpc) is 2.97. The molecule has 2 fully saturated rings. The summed E-state index contributed by atoms with van der Waals surface area (Å²) in [6.07, 6.45) is 3.93. The summed E-state index contributed by atoms with van der Waals surface area (Å²) >= 11 is 0. The molecule has 2 saturated heterocycles. The van der Waals surface area contributed by atoms with Crippen molar-refractivity contribution in [2.75, 3.05) is 57.8 Å². The number of anilines is 1. The first-order chi connectivity index (χ1) is 14.0. The molecule has 4 heteroatoms. The molecule has 0 bridgehead atoms. The normalized spacial score (nSPS) is 19.0. The zero-order valence-corrected chi connectivity index (χ0v) is 20.3. The van der Waals surface area contributed by atoms with Crippen LogP contribution in [0.25, 0.3) is 0 Å². The van der Waals surface area contributed by atoms with E-state index in [1.165, 1.54) is 51.1 Å². The number of hydrogen-bond acceptors (Lipinski definition) is 4. The minimum absolute atomic E-state index is 0.731. The second-order valence-corrected chi connectivity index (χ2v) is 8.57. The smallest absolute Gasteiger partial charge is 0.119 e. The number of hydrogen-bond donors (Lipinski definition) is 0. The summed E-state index contributed by atoms with van der Waals surface area (Å²) in [5.74, 6) is 1.80. The monoisotopic (exact) mass is 405 g/mol. The molecule has 2 aliphatic heterocycles. The molecule has 0 atom stereocenters. The molecule has 2 aliphatic rings. The van der Waals surface area contributed by atoms with Crippen molar-refractivity contribution in [1.82, 2.24) is 9.80 Å². The number of piperidine rings is 1. The van der Waals surface area contributed by atoms with Gasteiger partial charge in [-0.2, -0.15) is 0 Å². The Morgan fingerprint density at radius 3 is 2.03 bits per heavy atom. The van der Waals surface area contributed by atoms with Crippen LogP contribution >= 0.6 is 0 Å². The summed E-state index contributed by atoms with van der Waals surface area (Å²) in [4.78, 5) is 7.73. The van der Waals surface area contributed by atoms with E-state index in [1.807, 2.05) is 20.8 Å². The van der Waals surface area contributed by atoms with Crippen molar-refractivity contribution in [2.24, 2.45) is 5.92 Å². The van der Waals surface area contributed by atoms with E-state index in [2.05, 4.69) is 66.8 Å². The molecule has 0 aromatic heterocycles. The van der Waals surface area contributed by atoms with Gasteiger partial charge in [-0.25, -0.2) is 0 Å². The second kappa shape index (κ2) is 14.7. The Hall–Kier alpha value is -1.26. The van der Waals surface area contributed by atoms with Crippen molar-refractivity contribution >= 4 is 5.69 Å². The van der Waals surface area contributed by atoms with Gasteiger partial charge in [0.1, 0.15) is 5.75 Å². The molecule has 0 saturated carbocycles. The van der Waals surface area contributed by atoms with Gasteiger partial charge in [-0.15, -0.1) is 0 Å². The quantitative estimate of drug-likeness (QED) is 0.669. The summed E-state index contributed by atoms with van der Waals surface area (Å²) in [6.45, 7) is 20.5. The highest BCUT2D eigenvalue weighted by atomic mass is 16.5. The third kappa shape index (κ3) is 9.86. The van der Waals surface area contributed by atoms with E-state index in [9.17, 15) is 0 Å². The summed E-state index contributed by atoms with van der Waals surface area (Å²) < 4.78 is 5.55. The Balaban J connectivity index is 0.000000627. The number of ether oxygens (including phenoxy) is 1. The van der Waals surface area contributed by atoms with E-state index in [0.29, 0.717) is 0 Å². The van der Waals surface area contributed by atoms with E-state index < -0.39 is 0 Å². The fourth-order valence-corrected chi connectivity index (χ4v) is 3.84. The molecule has 2 heterocycles. The molecule has 1 aromatic rings. The van der Waals surface area contributed by atoms with Crippen molar-refractivity contribution in [3.63, 3.8) is 0 Å². The van der Waals surface area contributed by atoms with Crippen LogP contribution < -0.4 is 9.64 Å². The van der Waals surface area contributed by atoms with Gasteiger partial charge in [0.2, 0.25) is 0 Å². The molecule has 0 amide bonds. The Morgan fingerprint density at radius 1 is 0.897 bits per heavy atom. The van der Waals surface area contributed by atoms with Crippen molar-refractivity contribution in [2.45, 2.75) is 66.8 Å². The molecule has 1 aromatic carbocycles. The van der Waals surface area contributed by atoms with Crippen LogP contribution in [-0.4, -0.2) is 68.8 Å². The van der Waals surface area contributed by atoms with Crippen molar-refractivity contribution in [1.29, 1.82) is 0 Å². The highest BCUT2D eigenvalue weighted by Gasteiger charge is 2.25. The Morgan fingerprint density at radius 2 is 1.48 bits per heavy atom. The third-order valence-corrected chi connectivity index (χ3v) is 5.25. The predicted molar refractivity (Wildman–Crippen MR) is 128 cm³/mol. The van der Waals surface area contributed by atoms with Crippen LogP contribution in [0.1, 0.15) is 60.8 Å². The zero-order chi connectivity index (χ0) is 21.6. The maximum Gasteiger partial charge on any atom is 0.119 e. The van der Waals surface area contributed by atoms with Crippen LogP contribution in [0.4, 0.5) is 5.69 Å². The van der Waals surface area contributed by atoms with Gasteiger partial charge in [0.25, 0.3) is 0 Å². The van der Waals surface area contributed by atoms with Crippen LogP contribution in [0.15, 0.2) is 24.3 Å². The maximum atomic E-state index is 5.55. The standard InChI is InChI=1S/C19H31N3O.C4H10.C2H6/c1-3-23-19-7-5-17(6-8-19)21-11-4-12-22(16-15-21)18-9-13-20(2)14-10-18;1-4(2)3;1-2/h5-8,18H,3-4,9-16H2,1-2H3;4H,1-3H3;1-2H3. The van der Waals surface area contributed by atoms with E-state index >= 15 is 0 Å². The first kappa shape index (κ1) is 25.8. The topological polar surface area (TPSA) is 19.0 Å². The number of nitrogens with zero attached hydrogens (tertiary/aromatic N) is 3.